The Balaban J connectivity index is 3.83. The first-order valence-corrected chi connectivity index (χ1v) is 101. The van der Waals surface area contributed by atoms with Crippen molar-refractivity contribution in [1.29, 1.82) is 0 Å². The van der Waals surface area contributed by atoms with Gasteiger partial charge in [-0.25, -0.2) is 0 Å². The van der Waals surface area contributed by atoms with Crippen LogP contribution in [0.25, 0.3) is 0 Å². The summed E-state index contributed by atoms with van der Waals surface area (Å²) in [5.74, 6) is 0. The Morgan fingerprint density at radius 1 is 0.235 bits per heavy atom. The molecule has 0 aromatic rings. The van der Waals surface area contributed by atoms with Gasteiger partial charge >= 0.3 is 156 Å². The zero-order valence-electron chi connectivity index (χ0n) is 68.8. The van der Waals surface area contributed by atoms with Gasteiger partial charge in [0, 0.05) is 13.2 Å². The van der Waals surface area contributed by atoms with Gasteiger partial charge in [-0.1, -0.05) is 0 Å². The van der Waals surface area contributed by atoms with E-state index in [0.29, 0.717) is 0 Å². The molecular formula is C46H136Cl2O26Si24. The summed E-state index contributed by atoms with van der Waals surface area (Å²) in [6.45, 7) is 86.4. The minimum atomic E-state index is -5.06. The van der Waals surface area contributed by atoms with E-state index in [0.717, 1.165) is 0 Å². The highest BCUT2D eigenvalue weighted by Crippen LogP contribution is 2.43. The van der Waals surface area contributed by atoms with E-state index in [1.165, 1.54) is 0 Å². The summed E-state index contributed by atoms with van der Waals surface area (Å²) in [5, 5.41) is 0. The molecule has 4 atom stereocenters. The second-order valence-electron chi connectivity index (χ2n) is 34.9. The Hall–Kier alpha value is 4.75. The summed E-state index contributed by atoms with van der Waals surface area (Å²) < 4.78 is 193. The Bertz CT molecular complexity index is 2610. The van der Waals surface area contributed by atoms with Crippen molar-refractivity contribution in [3.05, 3.63) is 0 Å². The van der Waals surface area contributed by atoms with Crippen LogP contribution in [0, 0.1) is 0 Å². The van der Waals surface area contributed by atoms with Crippen molar-refractivity contribution < 1.29 is 108 Å². The maximum absolute atomic E-state index is 8.08. The van der Waals surface area contributed by atoms with Gasteiger partial charge in [-0.05, 0) is 289 Å². The van der Waals surface area contributed by atoms with Crippen molar-refractivity contribution in [3.63, 3.8) is 0 Å². The summed E-state index contributed by atoms with van der Waals surface area (Å²) in [6.07, 6.45) is 0. The molecule has 0 saturated carbocycles. The quantitative estimate of drug-likeness (QED) is 0.0813. The molecule has 586 valence electrons. The van der Waals surface area contributed by atoms with Crippen molar-refractivity contribution in [1.82, 2.24) is 0 Å². The lowest BCUT2D eigenvalue weighted by atomic mass is 10.9. The molecule has 2 bridgehead atoms. The molecule has 2 aliphatic heterocycles. The number of hydrogen-bond acceptors (Lipinski definition) is 26. The van der Waals surface area contributed by atoms with Crippen LogP contribution in [-0.4, -0.2) is 217 Å². The molecule has 0 N–H and O–H groups in total. The van der Waals surface area contributed by atoms with Gasteiger partial charge < -0.3 is 108 Å². The van der Waals surface area contributed by atoms with Gasteiger partial charge in [0.15, 0.2) is 32.3 Å². The molecule has 0 spiro atoms. The lowest BCUT2D eigenvalue weighted by Gasteiger charge is -2.51. The fraction of sp³-hybridized carbons (Fsp3) is 1.00. The van der Waals surface area contributed by atoms with E-state index in [2.05, 4.69) is 65.5 Å². The van der Waals surface area contributed by atoms with Crippen LogP contribution >= 0.6 is 22.2 Å². The first-order valence-electron chi connectivity index (χ1n) is 33.8. The maximum atomic E-state index is 8.08. The molecule has 0 aromatic heterocycles. The summed E-state index contributed by atoms with van der Waals surface area (Å²) in [4.78, 5) is 0. The number of hydrogen-bond donors (Lipinski definition) is 0. The molecule has 2 fully saturated rings. The molecule has 2 heterocycles. The van der Waals surface area contributed by atoms with Crippen LogP contribution < -0.4 is 0 Å². The molecule has 0 aromatic carbocycles. The van der Waals surface area contributed by atoms with Gasteiger partial charge in [-0.15, -0.1) is 22.2 Å². The molecule has 0 aliphatic carbocycles. The summed E-state index contributed by atoms with van der Waals surface area (Å²) in [7, 11) is -87.3. The van der Waals surface area contributed by atoms with Crippen molar-refractivity contribution in [2.24, 2.45) is 0 Å². The lowest BCUT2D eigenvalue weighted by Crippen LogP contribution is -2.76. The molecule has 52 heteroatoms. The van der Waals surface area contributed by atoms with E-state index in [-0.39, 0.29) is 13.2 Å². The fourth-order valence-corrected chi connectivity index (χ4v) is 127. The third kappa shape index (κ3) is 36.5. The molecule has 2 saturated heterocycles. The summed E-state index contributed by atoms with van der Waals surface area (Å²) >= 11 is 14.4. The van der Waals surface area contributed by atoms with Crippen LogP contribution in [0.1, 0.15) is 13.8 Å². The van der Waals surface area contributed by atoms with E-state index < -0.39 is 204 Å². The number of rotatable bonds is 20. The normalized spacial score (nSPS) is 30.3. The molecule has 0 radical (unpaired) electrons. The first-order chi connectivity index (χ1) is 42.3. The smallest absolute Gasteiger partial charge is 0.437 e. The van der Waals surface area contributed by atoms with Gasteiger partial charge in [0.1, 0.15) is 0 Å². The van der Waals surface area contributed by atoms with E-state index in [1.54, 1.807) is 0 Å². The van der Waals surface area contributed by atoms with E-state index >= 15 is 0 Å². The third-order valence-corrected chi connectivity index (χ3v) is 110. The van der Waals surface area contributed by atoms with Crippen LogP contribution in [0.4, 0.5) is 0 Å². The second-order valence-corrected chi connectivity index (χ2v) is 131. The molecular weight excluding hydrogens is 1710 g/mol. The highest BCUT2D eigenvalue weighted by Gasteiger charge is 2.71. The highest BCUT2D eigenvalue weighted by atomic mass is 35.6. The van der Waals surface area contributed by atoms with Crippen molar-refractivity contribution in [2.75, 3.05) is 13.2 Å². The van der Waals surface area contributed by atoms with Crippen molar-refractivity contribution in [2.45, 2.75) is 289 Å². The Labute approximate surface area is 629 Å². The third-order valence-electron chi connectivity index (χ3n) is 12.3. The molecule has 2 aliphatic rings. The molecule has 26 nitrogen and oxygen atoms in total. The molecule has 2 rings (SSSR count). The van der Waals surface area contributed by atoms with Gasteiger partial charge in [0.25, 0.3) is 15.3 Å². The fourth-order valence-electron chi connectivity index (χ4n) is 11.9. The topological polar surface area (TPSA) is 240 Å². The SMILES string of the molecule is CCO[Si]1(O[Si](C)(C)O[Si](C)(C)C)O[Si](C)(C)O[Si](C)(C)O[Si]2(O[Si](C)(C)O[Si](C)(C)Cl)O[Si](C)(C)O[Si](C)(C)O[Si](C)(C)O[Si](C)(C)O[Si](C)(C)O[Si](O[Si](C)(C)O[Si](C)(C)Cl)(O[Si](C)(C)O2)O[Si](C)(C)[Si](C)(C)O[Si](OCC)(O[Si](C)(C)O[Si](C)(C)C)O[Si](C)(C)O[Si](C)(C)O1. The van der Waals surface area contributed by atoms with Crippen LogP contribution in [-0.2, 0) is 108 Å². The first kappa shape index (κ1) is 98.8. The number of halogens is 2. The van der Waals surface area contributed by atoms with Crippen molar-refractivity contribution in [3.8, 4) is 0 Å². The minimum Gasteiger partial charge on any atom is -0.437 e. The largest absolute Gasteiger partial charge is 0.652 e. The van der Waals surface area contributed by atoms with Crippen molar-refractivity contribution >= 4 is 226 Å². The monoisotopic (exact) mass is 1850 g/mol. The van der Waals surface area contributed by atoms with Crippen LogP contribution in [0.2, 0.25) is 275 Å². The van der Waals surface area contributed by atoms with Gasteiger partial charge in [-0.3, -0.25) is 0 Å². The van der Waals surface area contributed by atoms with Gasteiger partial charge in [0.2, 0.25) is 0 Å². The Morgan fingerprint density at radius 3 is 0.643 bits per heavy atom. The highest BCUT2D eigenvalue weighted by molar-refractivity contribution is 7.37. The number of fused-ring (bicyclic) bond motifs is 4. The van der Waals surface area contributed by atoms with E-state index in [9.17, 15) is 0 Å². The predicted molar refractivity (Wildman–Crippen MR) is 445 cm³/mol. The average Bonchev–Trinajstić information content (AvgIpc) is 0.794. The Morgan fingerprint density at radius 2 is 0.418 bits per heavy atom. The van der Waals surface area contributed by atoms with Crippen LogP contribution in [0.5, 0.6) is 0 Å². The van der Waals surface area contributed by atoms with Gasteiger partial charge in [0.05, 0.1) is 0 Å². The Kier molecular flexibility index (Phi) is 33.3. The standard InChI is InChI=1S/C46H136Cl2O26Si24/c1-45-49-95(61-79(13,14)51-75(3,4)5)63-86(27,28)59-88(31,32)65-96(50-46-2,62-80(15,16)52-76(6,7)8)73-93(41,42)94(43,44)74-98(67-82(19,20)54-78(11,12)48)70-90(35,36)58-85(25,26)56-83(21,22)55-84(23,24)57-89(33,34)68-97(71-92(39,40)72-98,66-81(17,18)53-77(9,10)47)69-91(37,38)60-87(29,30)64-95/h45-46H2,1-44H3. The maximum Gasteiger partial charge on any atom is 0.652 e. The molecule has 98 heavy (non-hydrogen) atoms. The van der Waals surface area contributed by atoms with E-state index in [4.69, 9.17) is 130 Å². The minimum absolute atomic E-state index is 0.120. The zero-order valence-corrected chi connectivity index (χ0v) is 94.3. The summed E-state index contributed by atoms with van der Waals surface area (Å²) in [6, 6.07) is 0. The predicted octanol–water partition coefficient (Wildman–Crippen LogP) is 16.1. The van der Waals surface area contributed by atoms with Crippen LogP contribution in [0.3, 0.4) is 0 Å². The zero-order chi connectivity index (χ0) is 77.8. The lowest BCUT2D eigenvalue weighted by molar-refractivity contribution is 0.0574. The summed E-state index contributed by atoms with van der Waals surface area (Å²) in [5.41, 5.74) is 0. The molecule has 4 unspecified atom stereocenters. The second kappa shape index (κ2) is 33.1. The molecule has 0 amide bonds. The average molecular weight is 1850 g/mol. The van der Waals surface area contributed by atoms with E-state index in [1.807, 2.05) is 223 Å². The van der Waals surface area contributed by atoms with Crippen LogP contribution in [0.15, 0.2) is 0 Å². The van der Waals surface area contributed by atoms with Gasteiger partial charge in [-0.2, -0.15) is 0 Å².